The zero-order valence-corrected chi connectivity index (χ0v) is 34.9. The second-order valence-electron chi connectivity index (χ2n) is 14.9. The Hall–Kier alpha value is -5.47. The molecule has 12 nitrogen and oxygen atoms in total. The minimum atomic E-state index is -1.29. The van der Waals surface area contributed by atoms with Crippen LogP contribution in [-0.4, -0.2) is 60.5 Å². The normalized spacial score (nSPS) is 22.0. The minimum absolute atomic E-state index is 0.0782. The SMILES string of the molecule is CCN.Cc1ccccc1.O=CNC1CCC(=O)NC1=O.O=Cc1ccc(NC(=O)C2NC3(CCCCC3)C3(C(=O)Nc4cc(Cl)ccc43)C2c2cccc(Cl)c2F)cc1. The van der Waals surface area contributed by atoms with Gasteiger partial charge in [-0.3, -0.25) is 39.4 Å². The van der Waals surface area contributed by atoms with E-state index in [0.29, 0.717) is 53.2 Å². The molecule has 60 heavy (non-hydrogen) atoms. The molecule has 4 unspecified atom stereocenters. The van der Waals surface area contributed by atoms with Gasteiger partial charge < -0.3 is 21.7 Å². The van der Waals surface area contributed by atoms with E-state index in [1.807, 2.05) is 31.2 Å². The molecule has 4 aromatic rings. The average molecular weight is 860 g/mol. The summed E-state index contributed by atoms with van der Waals surface area (Å²) in [6.45, 7) is 4.74. The molecule has 316 valence electrons. The summed E-state index contributed by atoms with van der Waals surface area (Å²) in [6, 6.07) is 25.2. The van der Waals surface area contributed by atoms with Gasteiger partial charge in [0.05, 0.1) is 11.1 Å². The van der Waals surface area contributed by atoms with Crippen LogP contribution in [0.4, 0.5) is 15.8 Å². The third-order valence-corrected chi connectivity index (χ3v) is 11.6. The van der Waals surface area contributed by atoms with Crippen LogP contribution in [-0.2, 0) is 29.4 Å². The summed E-state index contributed by atoms with van der Waals surface area (Å²) in [6.07, 6.45) is 5.86. The standard InChI is InChI=1S/C30H26Cl2FN3O3.C7H8.C6H8N2O3.C2H7N/c31-18-9-12-21-23(15-18)35-28(39)30(21)24(20-5-4-6-22(32)25(20)33)26(36-29(30)13-2-1-3-14-29)27(38)34-19-10-7-17(16-37)8-11-19;1-7-5-3-2-4-6-7;9-3-7-4-1-2-5(10)8-6(4)11;1-2-3/h4-12,15-16,24,26,36H,1-3,13-14H2,(H,34,38)(H,35,39);2-6H,1H3;3-4H,1-2H2,(H,7,9)(H,8,10,11);2-3H2,1H3. The van der Waals surface area contributed by atoms with Crippen molar-refractivity contribution in [1.82, 2.24) is 16.0 Å². The lowest BCUT2D eigenvalue weighted by atomic mass is 9.55. The Balaban J connectivity index is 0.000000265. The van der Waals surface area contributed by atoms with Gasteiger partial charge in [0, 0.05) is 39.8 Å². The third kappa shape index (κ3) is 9.76. The van der Waals surface area contributed by atoms with E-state index >= 15 is 4.39 Å². The highest BCUT2D eigenvalue weighted by Crippen LogP contribution is 2.62. The molecule has 4 aromatic carbocycles. The van der Waals surface area contributed by atoms with Crippen LogP contribution in [0.25, 0.3) is 0 Å². The first kappa shape index (κ1) is 45.6. The summed E-state index contributed by atoms with van der Waals surface area (Å²) < 4.78 is 15.9. The van der Waals surface area contributed by atoms with Gasteiger partial charge in [0.15, 0.2) is 0 Å². The molecule has 5 amide bonds. The zero-order valence-electron chi connectivity index (χ0n) is 33.4. The van der Waals surface area contributed by atoms with Crippen LogP contribution < -0.4 is 32.3 Å². The van der Waals surface area contributed by atoms with E-state index in [1.54, 1.807) is 48.5 Å². The number of hydrogen-bond donors (Lipinski definition) is 6. The van der Waals surface area contributed by atoms with E-state index in [2.05, 4.69) is 45.6 Å². The van der Waals surface area contributed by atoms with Crippen LogP contribution in [0.3, 0.4) is 0 Å². The fourth-order valence-electron chi connectivity index (χ4n) is 8.55. The average Bonchev–Trinajstić information content (AvgIpc) is 3.69. The van der Waals surface area contributed by atoms with Crippen LogP contribution in [0.1, 0.15) is 84.8 Å². The van der Waals surface area contributed by atoms with Gasteiger partial charge in [-0.05, 0) is 86.3 Å². The third-order valence-electron chi connectivity index (χ3n) is 11.1. The number of carbonyl (C=O) groups is 6. The van der Waals surface area contributed by atoms with Gasteiger partial charge in [-0.2, -0.15) is 0 Å². The number of anilines is 2. The number of halogens is 3. The Morgan fingerprint density at radius 1 is 0.917 bits per heavy atom. The van der Waals surface area contributed by atoms with Crippen molar-refractivity contribution in [3.63, 3.8) is 0 Å². The predicted molar refractivity (Wildman–Crippen MR) is 230 cm³/mol. The van der Waals surface area contributed by atoms with Crippen LogP contribution in [0.2, 0.25) is 10.0 Å². The lowest BCUT2D eigenvalue weighted by Gasteiger charge is -2.47. The van der Waals surface area contributed by atoms with Crippen molar-refractivity contribution in [2.24, 2.45) is 5.73 Å². The Morgan fingerprint density at radius 3 is 2.20 bits per heavy atom. The van der Waals surface area contributed by atoms with Crippen molar-refractivity contribution in [2.45, 2.75) is 87.7 Å². The number of rotatable bonds is 6. The number of hydrogen-bond acceptors (Lipinski definition) is 8. The highest BCUT2D eigenvalue weighted by atomic mass is 35.5. The molecule has 3 aliphatic heterocycles. The summed E-state index contributed by atoms with van der Waals surface area (Å²) in [7, 11) is 0. The predicted octanol–water partition coefficient (Wildman–Crippen LogP) is 6.73. The monoisotopic (exact) mass is 858 g/mol. The lowest BCUT2D eigenvalue weighted by molar-refractivity contribution is -0.136. The molecule has 0 aromatic heterocycles. The van der Waals surface area contributed by atoms with Gasteiger partial charge in [-0.25, -0.2) is 4.39 Å². The molecular weight excluding hydrogens is 810 g/mol. The molecule has 1 saturated carbocycles. The number of nitrogens with one attached hydrogen (secondary N) is 5. The molecule has 2 spiro atoms. The first-order valence-electron chi connectivity index (χ1n) is 19.8. The maximum absolute atomic E-state index is 15.9. The van der Waals surface area contributed by atoms with E-state index < -0.39 is 46.6 Å². The summed E-state index contributed by atoms with van der Waals surface area (Å²) in [4.78, 5) is 70.8. The molecule has 8 rings (SSSR count). The molecular formula is C45H49Cl2FN6O6. The van der Waals surface area contributed by atoms with E-state index in [-0.39, 0.29) is 28.8 Å². The largest absolute Gasteiger partial charge is 0.347 e. The molecule has 0 radical (unpaired) electrons. The van der Waals surface area contributed by atoms with Crippen molar-refractivity contribution < 1.29 is 33.2 Å². The van der Waals surface area contributed by atoms with Gasteiger partial charge in [-0.1, -0.05) is 103 Å². The fraction of sp³-hybridized carbons (Fsp3) is 0.333. The molecule has 1 aliphatic carbocycles. The van der Waals surface area contributed by atoms with Gasteiger partial charge in [0.2, 0.25) is 30.0 Å². The summed E-state index contributed by atoms with van der Waals surface area (Å²) in [5, 5.41) is 14.3. The van der Waals surface area contributed by atoms with Gasteiger partial charge in [0.25, 0.3) is 0 Å². The van der Waals surface area contributed by atoms with Gasteiger partial charge >= 0.3 is 0 Å². The van der Waals surface area contributed by atoms with Crippen LogP contribution >= 0.6 is 23.2 Å². The van der Waals surface area contributed by atoms with Crippen molar-refractivity contribution in [3.05, 3.63) is 129 Å². The number of aldehydes is 1. The van der Waals surface area contributed by atoms with Gasteiger partial charge in [0.1, 0.15) is 23.6 Å². The molecule has 4 aliphatic rings. The smallest absolute Gasteiger partial charge is 0.249 e. The lowest BCUT2D eigenvalue weighted by Crippen LogP contribution is -2.60. The number of imide groups is 1. The van der Waals surface area contributed by atoms with Crippen molar-refractivity contribution in [2.75, 3.05) is 17.2 Å². The van der Waals surface area contributed by atoms with Gasteiger partial charge in [-0.15, -0.1) is 0 Å². The fourth-order valence-corrected chi connectivity index (χ4v) is 8.91. The molecule has 15 heteroatoms. The highest BCUT2D eigenvalue weighted by molar-refractivity contribution is 6.31. The summed E-state index contributed by atoms with van der Waals surface area (Å²) in [5.74, 6) is -2.96. The number of piperidine rings is 1. The van der Waals surface area contributed by atoms with Crippen molar-refractivity contribution >= 4 is 70.9 Å². The highest BCUT2D eigenvalue weighted by Gasteiger charge is 2.72. The molecule has 2 saturated heterocycles. The molecule has 0 bridgehead atoms. The Labute approximate surface area is 358 Å². The van der Waals surface area contributed by atoms with Crippen molar-refractivity contribution in [3.8, 4) is 0 Å². The van der Waals surface area contributed by atoms with E-state index in [9.17, 15) is 28.8 Å². The second kappa shape index (κ2) is 20.7. The van der Waals surface area contributed by atoms with Crippen LogP contribution in [0, 0.1) is 12.7 Å². The van der Waals surface area contributed by atoms with E-state index in [0.717, 1.165) is 32.1 Å². The molecule has 7 N–H and O–H groups in total. The molecule has 3 fully saturated rings. The summed E-state index contributed by atoms with van der Waals surface area (Å²) in [5.41, 5.74) is 6.50. The zero-order chi connectivity index (χ0) is 43.5. The number of benzene rings is 4. The Morgan fingerprint density at radius 2 is 1.60 bits per heavy atom. The molecule has 4 atom stereocenters. The number of amides is 5. The topological polar surface area (TPSA) is 189 Å². The Bertz CT molecular complexity index is 2190. The molecule has 3 heterocycles. The van der Waals surface area contributed by atoms with E-state index in [4.69, 9.17) is 28.9 Å². The first-order chi connectivity index (χ1) is 28.8. The summed E-state index contributed by atoms with van der Waals surface area (Å²) >= 11 is 12.6. The number of nitrogens with two attached hydrogens (primary N) is 1. The van der Waals surface area contributed by atoms with Crippen LogP contribution in [0.15, 0.2) is 91.0 Å². The number of carbonyl (C=O) groups excluding carboxylic acids is 6. The van der Waals surface area contributed by atoms with Crippen LogP contribution in [0.5, 0.6) is 0 Å². The quantitative estimate of drug-likeness (QED) is 0.0910. The maximum atomic E-state index is 15.9. The minimum Gasteiger partial charge on any atom is -0.347 e. The maximum Gasteiger partial charge on any atom is 0.249 e. The Kier molecular flexibility index (Phi) is 15.7. The first-order valence-corrected chi connectivity index (χ1v) is 20.6. The number of fused-ring (bicyclic) bond motifs is 3. The van der Waals surface area contributed by atoms with Crippen molar-refractivity contribution in [1.29, 1.82) is 0 Å². The number of aryl methyl sites for hydroxylation is 1. The van der Waals surface area contributed by atoms with E-state index in [1.165, 1.54) is 11.6 Å². The second-order valence-corrected chi connectivity index (χ2v) is 15.8.